The summed E-state index contributed by atoms with van der Waals surface area (Å²) in [6.45, 7) is 5.68. The van der Waals surface area contributed by atoms with Gasteiger partial charge in [-0.05, 0) is 19.4 Å². The highest BCUT2D eigenvalue weighted by molar-refractivity contribution is 5.03. The van der Waals surface area contributed by atoms with Gasteiger partial charge in [-0.2, -0.15) is 0 Å². The molecule has 2 rings (SSSR count). The smallest absolute Gasteiger partial charge is 0.195 e. The Kier molecular flexibility index (Phi) is 4.36. The molecule has 2 heterocycles. The van der Waals surface area contributed by atoms with Crippen molar-refractivity contribution in [2.45, 2.75) is 32.1 Å². The molecule has 1 saturated heterocycles. The van der Waals surface area contributed by atoms with Gasteiger partial charge in [-0.15, -0.1) is 0 Å². The molecule has 4 nitrogen and oxygen atoms in total. The van der Waals surface area contributed by atoms with E-state index in [0.717, 1.165) is 57.2 Å². The van der Waals surface area contributed by atoms with Gasteiger partial charge >= 0.3 is 0 Å². The van der Waals surface area contributed by atoms with Crippen LogP contribution in [0.4, 0.5) is 0 Å². The molecule has 1 atom stereocenters. The molecule has 0 radical (unpaired) electrons. The van der Waals surface area contributed by atoms with Crippen LogP contribution in [0.3, 0.4) is 0 Å². The third-order valence-corrected chi connectivity index (χ3v) is 2.90. The Labute approximate surface area is 96.4 Å². The molecule has 0 spiro atoms. The quantitative estimate of drug-likeness (QED) is 0.774. The van der Waals surface area contributed by atoms with Gasteiger partial charge in [0, 0.05) is 25.5 Å². The highest BCUT2D eigenvalue weighted by Gasteiger charge is 2.19. The highest BCUT2D eigenvalue weighted by atomic mass is 16.5. The van der Waals surface area contributed by atoms with Crippen LogP contribution in [0.1, 0.15) is 37.3 Å². The molecule has 0 amide bonds. The third-order valence-electron chi connectivity index (χ3n) is 2.90. The van der Waals surface area contributed by atoms with Gasteiger partial charge in [0.25, 0.3) is 0 Å². The maximum absolute atomic E-state index is 5.74. The summed E-state index contributed by atoms with van der Waals surface area (Å²) in [5.41, 5.74) is 0. The van der Waals surface area contributed by atoms with Crippen molar-refractivity contribution in [3.05, 3.63) is 17.8 Å². The van der Waals surface area contributed by atoms with E-state index < -0.39 is 0 Å². The van der Waals surface area contributed by atoms with Crippen molar-refractivity contribution >= 4 is 0 Å². The van der Waals surface area contributed by atoms with E-state index in [-0.39, 0.29) is 0 Å². The van der Waals surface area contributed by atoms with Crippen LogP contribution in [0.2, 0.25) is 0 Å². The fourth-order valence-corrected chi connectivity index (χ4v) is 1.97. The van der Waals surface area contributed by atoms with E-state index in [0.29, 0.717) is 5.92 Å². The number of nitrogens with zero attached hydrogens (tertiary/aromatic N) is 1. The Morgan fingerprint density at radius 3 is 3.25 bits per heavy atom. The van der Waals surface area contributed by atoms with E-state index in [4.69, 9.17) is 9.15 Å². The normalized spacial score (nSPS) is 21.2. The lowest BCUT2D eigenvalue weighted by Gasteiger charge is -2.19. The van der Waals surface area contributed by atoms with Crippen molar-refractivity contribution in [1.82, 2.24) is 10.3 Å². The number of aromatic nitrogens is 1. The average molecular weight is 224 g/mol. The Bertz CT molecular complexity index is 306. The lowest BCUT2D eigenvalue weighted by Crippen LogP contribution is -2.16. The predicted octanol–water partition coefficient (Wildman–Crippen LogP) is 1.72. The SMILES string of the molecule is CCNCCc1ncc(C2CCCOC2)o1. The fourth-order valence-electron chi connectivity index (χ4n) is 1.97. The second-order valence-corrected chi connectivity index (χ2v) is 4.17. The van der Waals surface area contributed by atoms with Crippen LogP contribution in [-0.2, 0) is 11.2 Å². The number of nitrogens with one attached hydrogen (secondary N) is 1. The van der Waals surface area contributed by atoms with Crippen LogP contribution in [0.5, 0.6) is 0 Å². The fraction of sp³-hybridized carbons (Fsp3) is 0.750. The van der Waals surface area contributed by atoms with Crippen LogP contribution in [0.15, 0.2) is 10.6 Å². The summed E-state index contributed by atoms with van der Waals surface area (Å²) in [5, 5.41) is 3.26. The molecule has 0 aromatic carbocycles. The van der Waals surface area contributed by atoms with Gasteiger partial charge in [0.15, 0.2) is 5.89 Å². The van der Waals surface area contributed by atoms with Gasteiger partial charge in [0.1, 0.15) is 5.76 Å². The topological polar surface area (TPSA) is 47.3 Å². The van der Waals surface area contributed by atoms with E-state index in [9.17, 15) is 0 Å². The van der Waals surface area contributed by atoms with Crippen LogP contribution in [0.25, 0.3) is 0 Å². The van der Waals surface area contributed by atoms with Crippen molar-refractivity contribution in [3.8, 4) is 0 Å². The number of rotatable bonds is 5. The number of oxazole rings is 1. The van der Waals surface area contributed by atoms with Gasteiger partial charge in [0.05, 0.1) is 12.8 Å². The molecular formula is C12H20N2O2. The predicted molar refractivity (Wildman–Crippen MR) is 61.5 cm³/mol. The second kappa shape index (κ2) is 6.01. The Balaban J connectivity index is 1.85. The maximum atomic E-state index is 5.74. The van der Waals surface area contributed by atoms with Gasteiger partial charge in [-0.1, -0.05) is 6.92 Å². The second-order valence-electron chi connectivity index (χ2n) is 4.17. The van der Waals surface area contributed by atoms with Crippen molar-refractivity contribution in [2.24, 2.45) is 0 Å². The van der Waals surface area contributed by atoms with E-state index in [1.165, 1.54) is 0 Å². The van der Waals surface area contributed by atoms with E-state index in [2.05, 4.69) is 17.2 Å². The number of ether oxygens (including phenoxy) is 1. The number of hydrogen-bond acceptors (Lipinski definition) is 4. The third kappa shape index (κ3) is 3.06. The first-order valence-electron chi connectivity index (χ1n) is 6.13. The Morgan fingerprint density at radius 1 is 1.56 bits per heavy atom. The zero-order chi connectivity index (χ0) is 11.2. The molecule has 4 heteroatoms. The van der Waals surface area contributed by atoms with Crippen molar-refractivity contribution in [3.63, 3.8) is 0 Å². The lowest BCUT2D eigenvalue weighted by molar-refractivity contribution is 0.0738. The minimum Gasteiger partial charge on any atom is -0.445 e. The van der Waals surface area contributed by atoms with Crippen LogP contribution in [0, 0.1) is 0 Å². The molecule has 0 saturated carbocycles. The average Bonchev–Trinajstić information content (AvgIpc) is 2.79. The Morgan fingerprint density at radius 2 is 2.50 bits per heavy atom. The summed E-state index contributed by atoms with van der Waals surface area (Å²) < 4.78 is 11.2. The molecule has 90 valence electrons. The van der Waals surface area contributed by atoms with Crippen LogP contribution in [-0.4, -0.2) is 31.3 Å². The molecule has 16 heavy (non-hydrogen) atoms. The summed E-state index contributed by atoms with van der Waals surface area (Å²) in [6.07, 6.45) is 5.00. The standard InChI is InChI=1S/C12H20N2O2/c1-2-13-6-5-12-14-8-11(16-12)10-4-3-7-15-9-10/h8,10,13H,2-7,9H2,1H3. The summed E-state index contributed by atoms with van der Waals surface area (Å²) in [7, 11) is 0. The van der Waals surface area contributed by atoms with Crippen LogP contribution < -0.4 is 5.32 Å². The molecule has 1 N–H and O–H groups in total. The Hall–Kier alpha value is -0.870. The number of likely N-dealkylation sites (N-methyl/N-ethyl adjacent to an activating group) is 1. The van der Waals surface area contributed by atoms with E-state index in [1.807, 2.05) is 6.20 Å². The summed E-state index contributed by atoms with van der Waals surface area (Å²) >= 11 is 0. The minimum absolute atomic E-state index is 0.411. The van der Waals surface area contributed by atoms with Gasteiger partial charge in [-0.3, -0.25) is 0 Å². The maximum Gasteiger partial charge on any atom is 0.195 e. The molecule has 1 aromatic heterocycles. The largest absolute Gasteiger partial charge is 0.445 e. The van der Waals surface area contributed by atoms with Crippen molar-refractivity contribution < 1.29 is 9.15 Å². The molecule has 1 aliphatic rings. The summed E-state index contributed by atoms with van der Waals surface area (Å²) in [6, 6.07) is 0. The van der Waals surface area contributed by atoms with Crippen LogP contribution >= 0.6 is 0 Å². The zero-order valence-corrected chi connectivity index (χ0v) is 9.87. The zero-order valence-electron chi connectivity index (χ0n) is 9.87. The molecule has 1 fully saturated rings. The van der Waals surface area contributed by atoms with E-state index >= 15 is 0 Å². The molecular weight excluding hydrogens is 204 g/mol. The lowest BCUT2D eigenvalue weighted by atomic mass is 10.0. The van der Waals surface area contributed by atoms with Gasteiger partial charge in [0.2, 0.25) is 0 Å². The number of hydrogen-bond donors (Lipinski definition) is 1. The molecule has 1 aliphatic heterocycles. The van der Waals surface area contributed by atoms with Gasteiger partial charge in [-0.25, -0.2) is 4.98 Å². The van der Waals surface area contributed by atoms with Gasteiger partial charge < -0.3 is 14.5 Å². The summed E-state index contributed by atoms with van der Waals surface area (Å²) in [4.78, 5) is 4.30. The molecule has 1 unspecified atom stereocenters. The van der Waals surface area contributed by atoms with Crippen molar-refractivity contribution in [2.75, 3.05) is 26.3 Å². The molecule has 0 aliphatic carbocycles. The summed E-state index contributed by atoms with van der Waals surface area (Å²) in [5.74, 6) is 2.24. The minimum atomic E-state index is 0.411. The van der Waals surface area contributed by atoms with E-state index in [1.54, 1.807) is 0 Å². The highest BCUT2D eigenvalue weighted by Crippen LogP contribution is 2.25. The monoisotopic (exact) mass is 224 g/mol. The molecule has 1 aromatic rings. The first kappa shape index (κ1) is 11.6. The van der Waals surface area contributed by atoms with Crippen molar-refractivity contribution in [1.29, 1.82) is 0 Å². The molecule has 0 bridgehead atoms. The first-order valence-corrected chi connectivity index (χ1v) is 6.13. The first-order chi connectivity index (χ1) is 7.90.